The van der Waals surface area contributed by atoms with Crippen molar-refractivity contribution in [1.29, 1.82) is 0 Å². The summed E-state index contributed by atoms with van der Waals surface area (Å²) in [5.74, 6) is 0. The summed E-state index contributed by atoms with van der Waals surface area (Å²) in [7, 11) is 0. The van der Waals surface area contributed by atoms with E-state index in [1.54, 1.807) is 12.3 Å². The van der Waals surface area contributed by atoms with Gasteiger partial charge in [0.1, 0.15) is 5.15 Å². The second-order valence-electron chi connectivity index (χ2n) is 3.82. The van der Waals surface area contributed by atoms with Crippen LogP contribution in [0.5, 0.6) is 0 Å². The number of halogens is 2. The monoisotopic (exact) mass is 260 g/mol. The van der Waals surface area contributed by atoms with Gasteiger partial charge in [-0.3, -0.25) is 4.90 Å². The van der Waals surface area contributed by atoms with Crippen molar-refractivity contribution in [2.45, 2.75) is 33.2 Å². The summed E-state index contributed by atoms with van der Waals surface area (Å²) in [6.45, 7) is 7.34. The minimum atomic E-state index is 0.449. The molecular weight excluding hydrogens is 243 g/mol. The van der Waals surface area contributed by atoms with Crippen LogP contribution in [0.2, 0.25) is 10.2 Å². The number of unbranched alkanes of at least 4 members (excludes halogenated alkanes) is 1. The molecule has 0 atom stereocenters. The zero-order chi connectivity index (χ0) is 12.0. The Labute approximate surface area is 108 Å². The second kappa shape index (κ2) is 7.10. The molecule has 0 aliphatic carbocycles. The predicted octanol–water partition coefficient (Wildman–Crippen LogP) is 4.01. The molecule has 0 saturated heterocycles. The van der Waals surface area contributed by atoms with Gasteiger partial charge in [-0.2, -0.15) is 0 Å². The Balaban J connectivity index is 2.62. The van der Waals surface area contributed by atoms with Gasteiger partial charge in [0, 0.05) is 23.3 Å². The third-order valence-electron chi connectivity index (χ3n) is 2.57. The number of hydrogen-bond acceptors (Lipinski definition) is 2. The number of nitrogens with zero attached hydrogens (tertiary/aromatic N) is 2. The van der Waals surface area contributed by atoms with Crippen molar-refractivity contribution in [2.24, 2.45) is 0 Å². The van der Waals surface area contributed by atoms with Crippen molar-refractivity contribution >= 4 is 23.2 Å². The predicted molar refractivity (Wildman–Crippen MR) is 70.1 cm³/mol. The Morgan fingerprint density at radius 3 is 2.62 bits per heavy atom. The summed E-state index contributed by atoms with van der Waals surface area (Å²) in [4.78, 5) is 6.42. The van der Waals surface area contributed by atoms with Gasteiger partial charge >= 0.3 is 0 Å². The van der Waals surface area contributed by atoms with Crippen molar-refractivity contribution < 1.29 is 0 Å². The van der Waals surface area contributed by atoms with Crippen LogP contribution < -0.4 is 0 Å². The molecule has 0 aliphatic heterocycles. The normalized spacial score (nSPS) is 11.1. The van der Waals surface area contributed by atoms with E-state index in [1.807, 2.05) is 0 Å². The van der Waals surface area contributed by atoms with E-state index in [-0.39, 0.29) is 0 Å². The van der Waals surface area contributed by atoms with Gasteiger partial charge < -0.3 is 0 Å². The van der Waals surface area contributed by atoms with E-state index < -0.39 is 0 Å². The topological polar surface area (TPSA) is 16.1 Å². The highest BCUT2D eigenvalue weighted by molar-refractivity contribution is 6.34. The zero-order valence-corrected chi connectivity index (χ0v) is 11.4. The first kappa shape index (κ1) is 13.8. The Kier molecular flexibility index (Phi) is 6.10. The zero-order valence-electron chi connectivity index (χ0n) is 9.84. The van der Waals surface area contributed by atoms with Crippen LogP contribution in [0.15, 0.2) is 12.3 Å². The molecule has 0 fully saturated rings. The number of hydrogen-bond donors (Lipinski definition) is 0. The van der Waals surface area contributed by atoms with Crippen molar-refractivity contribution in [3.8, 4) is 0 Å². The molecule has 1 heterocycles. The molecule has 2 nitrogen and oxygen atoms in total. The fourth-order valence-corrected chi connectivity index (χ4v) is 1.95. The van der Waals surface area contributed by atoms with Gasteiger partial charge in [0.05, 0.1) is 0 Å². The highest BCUT2D eigenvalue weighted by Crippen LogP contribution is 2.20. The maximum atomic E-state index is 6.11. The molecule has 0 spiro atoms. The third kappa shape index (κ3) is 4.28. The maximum Gasteiger partial charge on any atom is 0.130 e. The molecule has 0 amide bonds. The fraction of sp³-hybridized carbons (Fsp3) is 0.583. The first-order valence-corrected chi connectivity index (χ1v) is 6.45. The van der Waals surface area contributed by atoms with Gasteiger partial charge in [-0.25, -0.2) is 4.98 Å². The largest absolute Gasteiger partial charge is 0.299 e. The van der Waals surface area contributed by atoms with Crippen LogP contribution in [0.3, 0.4) is 0 Å². The summed E-state index contributed by atoms with van der Waals surface area (Å²) in [6.07, 6.45) is 4.19. The Bertz CT molecular complexity index is 329. The molecular formula is C12H18Cl2N2. The van der Waals surface area contributed by atoms with Gasteiger partial charge in [-0.05, 0) is 25.6 Å². The first-order chi connectivity index (χ1) is 7.67. The smallest absolute Gasteiger partial charge is 0.130 e. The molecule has 16 heavy (non-hydrogen) atoms. The highest BCUT2D eigenvalue weighted by atomic mass is 35.5. The molecule has 0 unspecified atom stereocenters. The Morgan fingerprint density at radius 1 is 1.31 bits per heavy atom. The minimum Gasteiger partial charge on any atom is -0.299 e. The molecule has 0 saturated carbocycles. The molecule has 0 N–H and O–H groups in total. The SMILES string of the molecule is CCCCN(CC)Cc1cnc(Cl)cc1Cl. The lowest BCUT2D eigenvalue weighted by molar-refractivity contribution is 0.275. The lowest BCUT2D eigenvalue weighted by Gasteiger charge is -2.20. The molecule has 0 radical (unpaired) electrons. The van der Waals surface area contributed by atoms with Crippen molar-refractivity contribution in [1.82, 2.24) is 9.88 Å². The van der Waals surface area contributed by atoms with Crippen LogP contribution in [0.25, 0.3) is 0 Å². The molecule has 1 aromatic heterocycles. The summed E-state index contributed by atoms with van der Waals surface area (Å²) >= 11 is 11.9. The van der Waals surface area contributed by atoms with Crippen LogP contribution in [0.1, 0.15) is 32.3 Å². The van der Waals surface area contributed by atoms with Gasteiger partial charge in [-0.1, -0.05) is 43.5 Å². The highest BCUT2D eigenvalue weighted by Gasteiger charge is 2.07. The Hall–Kier alpha value is -0.310. The van der Waals surface area contributed by atoms with E-state index in [4.69, 9.17) is 23.2 Å². The van der Waals surface area contributed by atoms with Gasteiger partial charge in [-0.15, -0.1) is 0 Å². The van der Waals surface area contributed by atoms with Gasteiger partial charge in [0.25, 0.3) is 0 Å². The number of pyridine rings is 1. The van der Waals surface area contributed by atoms with E-state index in [0.29, 0.717) is 10.2 Å². The van der Waals surface area contributed by atoms with E-state index in [2.05, 4.69) is 23.7 Å². The molecule has 90 valence electrons. The Morgan fingerprint density at radius 2 is 2.06 bits per heavy atom. The van der Waals surface area contributed by atoms with E-state index in [9.17, 15) is 0 Å². The van der Waals surface area contributed by atoms with Crippen LogP contribution in [-0.2, 0) is 6.54 Å². The van der Waals surface area contributed by atoms with Crippen molar-refractivity contribution in [3.63, 3.8) is 0 Å². The second-order valence-corrected chi connectivity index (χ2v) is 4.62. The van der Waals surface area contributed by atoms with Crippen LogP contribution >= 0.6 is 23.2 Å². The number of rotatable bonds is 6. The summed E-state index contributed by atoms with van der Waals surface area (Å²) in [5, 5.41) is 1.15. The summed E-state index contributed by atoms with van der Waals surface area (Å²) in [5.41, 5.74) is 1.05. The molecule has 1 rings (SSSR count). The quantitative estimate of drug-likeness (QED) is 0.719. The lowest BCUT2D eigenvalue weighted by atomic mass is 10.2. The van der Waals surface area contributed by atoms with Crippen LogP contribution in [-0.4, -0.2) is 23.0 Å². The average Bonchev–Trinajstić information content (AvgIpc) is 2.27. The summed E-state index contributed by atoms with van der Waals surface area (Å²) in [6, 6.07) is 1.70. The van der Waals surface area contributed by atoms with Gasteiger partial charge in [0.2, 0.25) is 0 Å². The van der Waals surface area contributed by atoms with E-state index in [1.165, 1.54) is 12.8 Å². The average molecular weight is 261 g/mol. The first-order valence-electron chi connectivity index (χ1n) is 5.69. The third-order valence-corrected chi connectivity index (χ3v) is 3.12. The molecule has 0 aromatic carbocycles. The molecule has 0 bridgehead atoms. The van der Waals surface area contributed by atoms with E-state index in [0.717, 1.165) is 25.2 Å². The maximum absolute atomic E-state index is 6.11. The molecule has 4 heteroatoms. The standard InChI is InChI=1S/C12H18Cl2N2/c1-3-5-6-16(4-2)9-10-8-15-12(14)7-11(10)13/h7-8H,3-6,9H2,1-2H3. The summed E-state index contributed by atoms with van der Waals surface area (Å²) < 4.78 is 0. The van der Waals surface area contributed by atoms with Gasteiger partial charge in [0.15, 0.2) is 0 Å². The van der Waals surface area contributed by atoms with Crippen LogP contribution in [0.4, 0.5) is 0 Å². The molecule has 0 aliphatic rings. The van der Waals surface area contributed by atoms with Crippen LogP contribution in [0, 0.1) is 0 Å². The molecule has 1 aromatic rings. The minimum absolute atomic E-state index is 0.449. The van der Waals surface area contributed by atoms with E-state index >= 15 is 0 Å². The van der Waals surface area contributed by atoms with Crippen molar-refractivity contribution in [3.05, 3.63) is 28.0 Å². The van der Waals surface area contributed by atoms with Crippen molar-refractivity contribution in [2.75, 3.05) is 13.1 Å². The fourth-order valence-electron chi connectivity index (χ4n) is 1.52. The number of aromatic nitrogens is 1. The lowest BCUT2D eigenvalue weighted by Crippen LogP contribution is -2.24.